The smallest absolute Gasteiger partial charge is 0.319 e. The Bertz CT molecular complexity index is 315. The molecular formula is C10H14N2O2. The fraction of sp³-hybridized carbons (Fsp3) is 0.400. The lowest BCUT2D eigenvalue weighted by atomic mass is 10.2. The number of allylic oxidation sites excluding steroid dienone is 1. The molecule has 14 heavy (non-hydrogen) atoms. The van der Waals surface area contributed by atoms with Gasteiger partial charge < -0.3 is 9.47 Å². The molecule has 0 aromatic carbocycles. The van der Waals surface area contributed by atoms with E-state index in [1.54, 1.807) is 13.2 Å². The third-order valence-corrected chi connectivity index (χ3v) is 1.61. The molecule has 1 aromatic rings. The van der Waals surface area contributed by atoms with Crippen LogP contribution in [0.5, 0.6) is 11.9 Å². The minimum atomic E-state index is 0.320. The van der Waals surface area contributed by atoms with Crippen LogP contribution in [0, 0.1) is 0 Å². The molecule has 0 fully saturated rings. The average molecular weight is 194 g/mol. The largest absolute Gasteiger partial charge is 0.481 e. The molecule has 0 aliphatic carbocycles. The van der Waals surface area contributed by atoms with E-state index < -0.39 is 0 Å². The normalized spacial score (nSPS) is 9.64. The first-order valence-electron chi connectivity index (χ1n) is 4.26. The van der Waals surface area contributed by atoms with E-state index in [-0.39, 0.29) is 0 Å². The van der Waals surface area contributed by atoms with Gasteiger partial charge in [0, 0.05) is 12.5 Å². The number of methoxy groups -OCH3 is 2. The molecule has 4 heteroatoms. The topological polar surface area (TPSA) is 44.2 Å². The van der Waals surface area contributed by atoms with Crippen molar-refractivity contribution in [3.05, 3.63) is 23.9 Å². The summed E-state index contributed by atoms with van der Waals surface area (Å²) in [5, 5.41) is 0. The number of rotatable bonds is 4. The van der Waals surface area contributed by atoms with Crippen molar-refractivity contribution in [2.75, 3.05) is 14.2 Å². The predicted octanol–water partition coefficient (Wildman–Crippen LogP) is 1.61. The SMILES string of the molecule is C=C(C)Cc1cc(OC)nc(OC)n1. The summed E-state index contributed by atoms with van der Waals surface area (Å²) in [5.41, 5.74) is 1.88. The lowest BCUT2D eigenvalue weighted by molar-refractivity contribution is 0.350. The molecule has 0 atom stereocenters. The molecule has 0 N–H and O–H groups in total. The second-order valence-corrected chi connectivity index (χ2v) is 3.02. The van der Waals surface area contributed by atoms with Crippen molar-refractivity contribution in [3.8, 4) is 11.9 Å². The molecule has 0 amide bonds. The summed E-state index contributed by atoms with van der Waals surface area (Å²) in [7, 11) is 3.09. The van der Waals surface area contributed by atoms with Gasteiger partial charge in [0.25, 0.3) is 0 Å². The van der Waals surface area contributed by atoms with E-state index in [2.05, 4.69) is 16.5 Å². The highest BCUT2D eigenvalue weighted by Crippen LogP contribution is 2.15. The number of nitrogens with zero attached hydrogens (tertiary/aromatic N) is 2. The fourth-order valence-electron chi connectivity index (χ4n) is 1.04. The van der Waals surface area contributed by atoms with E-state index in [1.165, 1.54) is 7.11 Å². The molecule has 0 saturated heterocycles. The minimum Gasteiger partial charge on any atom is -0.481 e. The molecule has 0 saturated carbocycles. The highest BCUT2D eigenvalue weighted by Gasteiger charge is 2.04. The van der Waals surface area contributed by atoms with Gasteiger partial charge in [-0.3, -0.25) is 0 Å². The van der Waals surface area contributed by atoms with E-state index in [1.807, 2.05) is 6.92 Å². The summed E-state index contributed by atoms with van der Waals surface area (Å²) >= 11 is 0. The second-order valence-electron chi connectivity index (χ2n) is 3.02. The van der Waals surface area contributed by atoms with Gasteiger partial charge in [0.05, 0.1) is 19.9 Å². The van der Waals surface area contributed by atoms with Crippen LogP contribution in [0.15, 0.2) is 18.2 Å². The molecule has 0 bridgehead atoms. The van der Waals surface area contributed by atoms with Crippen LogP contribution >= 0.6 is 0 Å². The number of hydrogen-bond donors (Lipinski definition) is 0. The zero-order valence-electron chi connectivity index (χ0n) is 8.70. The van der Waals surface area contributed by atoms with Crippen molar-refractivity contribution >= 4 is 0 Å². The maximum Gasteiger partial charge on any atom is 0.319 e. The Hall–Kier alpha value is -1.58. The molecule has 0 spiro atoms. The summed E-state index contributed by atoms with van der Waals surface area (Å²) in [6, 6.07) is 2.10. The molecule has 4 nitrogen and oxygen atoms in total. The summed E-state index contributed by atoms with van der Waals surface area (Å²) < 4.78 is 9.97. The Morgan fingerprint density at radius 1 is 1.36 bits per heavy atom. The highest BCUT2D eigenvalue weighted by atomic mass is 16.5. The van der Waals surface area contributed by atoms with E-state index in [9.17, 15) is 0 Å². The molecule has 1 rings (SSSR count). The first-order valence-corrected chi connectivity index (χ1v) is 4.26. The molecule has 1 aromatic heterocycles. The fourth-order valence-corrected chi connectivity index (χ4v) is 1.04. The average Bonchev–Trinajstić information content (AvgIpc) is 2.16. The van der Waals surface area contributed by atoms with Gasteiger partial charge in [-0.15, -0.1) is 0 Å². The van der Waals surface area contributed by atoms with Crippen molar-refractivity contribution in [1.29, 1.82) is 0 Å². The maximum atomic E-state index is 5.02. The first-order chi connectivity index (χ1) is 6.65. The summed E-state index contributed by atoms with van der Waals surface area (Å²) in [6.07, 6.45) is 0.704. The maximum absolute atomic E-state index is 5.02. The van der Waals surface area contributed by atoms with Crippen LogP contribution in [0.3, 0.4) is 0 Å². The first kappa shape index (κ1) is 10.5. The van der Waals surface area contributed by atoms with Crippen molar-refractivity contribution in [2.24, 2.45) is 0 Å². The Kier molecular flexibility index (Phi) is 3.45. The van der Waals surface area contributed by atoms with E-state index >= 15 is 0 Å². The number of aromatic nitrogens is 2. The molecule has 0 aliphatic rings. The van der Waals surface area contributed by atoms with Gasteiger partial charge in [0.2, 0.25) is 5.88 Å². The minimum absolute atomic E-state index is 0.320. The van der Waals surface area contributed by atoms with E-state index in [4.69, 9.17) is 9.47 Å². The number of hydrogen-bond acceptors (Lipinski definition) is 4. The van der Waals surface area contributed by atoms with Crippen LogP contribution in [-0.2, 0) is 6.42 Å². The van der Waals surface area contributed by atoms with Crippen molar-refractivity contribution in [2.45, 2.75) is 13.3 Å². The molecule has 0 unspecified atom stereocenters. The molecular weight excluding hydrogens is 180 g/mol. The van der Waals surface area contributed by atoms with Crippen molar-refractivity contribution < 1.29 is 9.47 Å². The highest BCUT2D eigenvalue weighted by molar-refractivity contribution is 5.21. The Morgan fingerprint density at radius 2 is 2.07 bits per heavy atom. The zero-order valence-corrected chi connectivity index (χ0v) is 8.70. The zero-order chi connectivity index (χ0) is 10.6. The van der Waals surface area contributed by atoms with Gasteiger partial charge in [0.15, 0.2) is 0 Å². The molecule has 1 heterocycles. The third-order valence-electron chi connectivity index (χ3n) is 1.61. The van der Waals surface area contributed by atoms with Gasteiger partial charge in [-0.2, -0.15) is 9.97 Å². The Balaban J connectivity index is 2.98. The summed E-state index contributed by atoms with van der Waals surface area (Å²) in [4.78, 5) is 8.16. The van der Waals surface area contributed by atoms with Gasteiger partial charge in [-0.05, 0) is 6.92 Å². The van der Waals surface area contributed by atoms with Crippen molar-refractivity contribution in [3.63, 3.8) is 0 Å². The molecule has 0 radical (unpaired) electrons. The standard InChI is InChI=1S/C10H14N2O2/c1-7(2)5-8-6-9(13-3)12-10(11-8)14-4/h6H,1,5H2,2-4H3. The lowest BCUT2D eigenvalue weighted by Gasteiger charge is -2.05. The van der Waals surface area contributed by atoms with Crippen LogP contribution in [0.25, 0.3) is 0 Å². The quantitative estimate of drug-likeness (QED) is 0.683. The summed E-state index contributed by atoms with van der Waals surface area (Å²) in [5.74, 6) is 0.508. The Labute approximate surface area is 83.6 Å². The van der Waals surface area contributed by atoms with Gasteiger partial charge in [-0.1, -0.05) is 12.2 Å². The van der Waals surface area contributed by atoms with Crippen LogP contribution in [0.1, 0.15) is 12.6 Å². The van der Waals surface area contributed by atoms with Crippen LogP contribution < -0.4 is 9.47 Å². The lowest BCUT2D eigenvalue weighted by Crippen LogP contribution is -1.99. The van der Waals surface area contributed by atoms with Crippen molar-refractivity contribution in [1.82, 2.24) is 9.97 Å². The van der Waals surface area contributed by atoms with Crippen LogP contribution in [-0.4, -0.2) is 24.2 Å². The van der Waals surface area contributed by atoms with Gasteiger partial charge in [0.1, 0.15) is 0 Å². The van der Waals surface area contributed by atoms with E-state index in [0.717, 1.165) is 11.3 Å². The third kappa shape index (κ3) is 2.73. The van der Waals surface area contributed by atoms with Gasteiger partial charge >= 0.3 is 6.01 Å². The van der Waals surface area contributed by atoms with Crippen LogP contribution in [0.4, 0.5) is 0 Å². The monoisotopic (exact) mass is 194 g/mol. The summed E-state index contributed by atoms with van der Waals surface area (Å²) in [6.45, 7) is 5.76. The number of ether oxygens (including phenoxy) is 2. The predicted molar refractivity (Wildman–Crippen MR) is 53.7 cm³/mol. The molecule has 76 valence electrons. The molecule has 0 aliphatic heterocycles. The van der Waals surface area contributed by atoms with Crippen LogP contribution in [0.2, 0.25) is 0 Å². The Morgan fingerprint density at radius 3 is 2.57 bits per heavy atom. The van der Waals surface area contributed by atoms with E-state index in [0.29, 0.717) is 18.3 Å². The second kappa shape index (κ2) is 4.60. The van der Waals surface area contributed by atoms with Gasteiger partial charge in [-0.25, -0.2) is 0 Å².